The number of hydrogen-bond acceptors (Lipinski definition) is 6. The molecule has 8 nitrogen and oxygen atoms in total. The molecule has 2 atom stereocenters. The van der Waals surface area contributed by atoms with Crippen LogP contribution in [0.2, 0.25) is 0 Å². The van der Waals surface area contributed by atoms with Crippen LogP contribution in [-0.2, 0) is 20.7 Å². The van der Waals surface area contributed by atoms with E-state index in [2.05, 4.69) is 9.97 Å². The second-order valence-electron chi connectivity index (χ2n) is 6.87. The standard InChI is InChI=1S/C18H23N3O5S/c1-9-10(2)27-18-16(9)17(25)19-13(20-18)4-5-14(22)21-8-12(26-3)6-11(21)7-15(23)24/h11-12H,4-8H2,1-3H3,(H,23,24)(H,19,20,25). The quantitative estimate of drug-likeness (QED) is 0.771. The third kappa shape index (κ3) is 4.03. The van der Waals surface area contributed by atoms with Crippen molar-refractivity contribution in [2.75, 3.05) is 13.7 Å². The van der Waals surface area contributed by atoms with Gasteiger partial charge in [0.25, 0.3) is 5.56 Å². The number of carboxylic acids is 1. The van der Waals surface area contributed by atoms with Crippen molar-refractivity contribution < 1.29 is 19.4 Å². The first-order valence-corrected chi connectivity index (χ1v) is 9.64. The molecule has 0 spiro atoms. The molecule has 1 saturated heterocycles. The van der Waals surface area contributed by atoms with E-state index >= 15 is 0 Å². The van der Waals surface area contributed by atoms with Crippen LogP contribution in [0, 0.1) is 13.8 Å². The number of H-pyrrole nitrogens is 1. The SMILES string of the molecule is COC1CC(CC(=O)O)N(C(=O)CCc2nc3sc(C)c(C)c3c(=O)[nH]2)C1. The highest BCUT2D eigenvalue weighted by Crippen LogP contribution is 2.26. The lowest BCUT2D eigenvalue weighted by atomic mass is 10.1. The van der Waals surface area contributed by atoms with Gasteiger partial charge in [-0.3, -0.25) is 14.4 Å². The van der Waals surface area contributed by atoms with Crippen LogP contribution >= 0.6 is 11.3 Å². The number of carbonyl (C=O) groups excluding carboxylic acids is 1. The van der Waals surface area contributed by atoms with Crippen molar-refractivity contribution >= 4 is 33.4 Å². The van der Waals surface area contributed by atoms with E-state index in [1.54, 1.807) is 12.0 Å². The Labute approximate surface area is 160 Å². The van der Waals surface area contributed by atoms with E-state index in [0.29, 0.717) is 35.4 Å². The van der Waals surface area contributed by atoms with Gasteiger partial charge in [-0.1, -0.05) is 0 Å². The lowest BCUT2D eigenvalue weighted by Crippen LogP contribution is -2.37. The number of hydrogen-bond donors (Lipinski definition) is 2. The second kappa shape index (κ2) is 7.77. The van der Waals surface area contributed by atoms with E-state index in [-0.39, 0.29) is 36.5 Å². The average molecular weight is 393 g/mol. The number of rotatable bonds is 6. The van der Waals surface area contributed by atoms with Gasteiger partial charge in [-0.15, -0.1) is 11.3 Å². The van der Waals surface area contributed by atoms with Crippen LogP contribution in [0.15, 0.2) is 4.79 Å². The second-order valence-corrected chi connectivity index (χ2v) is 8.07. The maximum Gasteiger partial charge on any atom is 0.305 e. The topological polar surface area (TPSA) is 113 Å². The highest BCUT2D eigenvalue weighted by Gasteiger charge is 2.36. The van der Waals surface area contributed by atoms with E-state index in [9.17, 15) is 14.4 Å². The first kappa shape index (κ1) is 19.5. The molecule has 146 valence electrons. The molecule has 1 aliphatic rings. The summed E-state index contributed by atoms with van der Waals surface area (Å²) in [5.41, 5.74) is 0.749. The van der Waals surface area contributed by atoms with Gasteiger partial charge < -0.3 is 19.7 Å². The molecule has 3 rings (SSSR count). The van der Waals surface area contributed by atoms with Gasteiger partial charge in [0.2, 0.25) is 5.91 Å². The monoisotopic (exact) mass is 393 g/mol. The number of aryl methyl sites for hydroxylation is 3. The smallest absolute Gasteiger partial charge is 0.305 e. The number of fused-ring (bicyclic) bond motifs is 1. The van der Waals surface area contributed by atoms with Crippen molar-refractivity contribution in [3.8, 4) is 0 Å². The molecular weight excluding hydrogens is 370 g/mol. The predicted octanol–water partition coefficient (Wildman–Crippen LogP) is 1.62. The molecule has 2 N–H and O–H groups in total. The van der Waals surface area contributed by atoms with Crippen molar-refractivity contribution in [2.45, 2.75) is 51.7 Å². The molecule has 1 amide bonds. The number of aromatic nitrogens is 2. The summed E-state index contributed by atoms with van der Waals surface area (Å²) in [6, 6.07) is -0.364. The number of nitrogens with zero attached hydrogens (tertiary/aromatic N) is 2. The fraction of sp³-hybridized carbons (Fsp3) is 0.556. The minimum atomic E-state index is -0.936. The van der Waals surface area contributed by atoms with Gasteiger partial charge >= 0.3 is 5.97 Å². The van der Waals surface area contributed by atoms with Crippen LogP contribution in [0.1, 0.15) is 35.5 Å². The first-order valence-electron chi connectivity index (χ1n) is 8.83. The number of ether oxygens (including phenoxy) is 1. The number of nitrogens with one attached hydrogen (secondary N) is 1. The minimum Gasteiger partial charge on any atom is -0.481 e. The largest absolute Gasteiger partial charge is 0.481 e. The fourth-order valence-corrected chi connectivity index (χ4v) is 4.58. The number of carboxylic acid groups (broad SMARTS) is 1. The number of likely N-dealkylation sites (tertiary alicyclic amines) is 1. The van der Waals surface area contributed by atoms with Crippen LogP contribution in [-0.4, -0.2) is 57.7 Å². The van der Waals surface area contributed by atoms with Crippen LogP contribution in [0.4, 0.5) is 0 Å². The Hall–Kier alpha value is -2.26. The number of amides is 1. The molecule has 0 aliphatic carbocycles. The summed E-state index contributed by atoms with van der Waals surface area (Å²) >= 11 is 1.47. The van der Waals surface area contributed by atoms with E-state index in [1.807, 2.05) is 13.8 Å². The number of aliphatic carboxylic acids is 1. The summed E-state index contributed by atoms with van der Waals surface area (Å²) in [7, 11) is 1.56. The van der Waals surface area contributed by atoms with Gasteiger partial charge in [-0.05, 0) is 25.8 Å². The summed E-state index contributed by atoms with van der Waals surface area (Å²) < 4.78 is 5.30. The highest BCUT2D eigenvalue weighted by atomic mass is 32.1. The molecule has 0 radical (unpaired) electrons. The number of thiophene rings is 1. The maximum absolute atomic E-state index is 12.6. The van der Waals surface area contributed by atoms with Gasteiger partial charge in [0.15, 0.2) is 0 Å². The lowest BCUT2D eigenvalue weighted by molar-refractivity contribution is -0.139. The van der Waals surface area contributed by atoms with Gasteiger partial charge in [0.05, 0.1) is 17.9 Å². The molecule has 0 aromatic carbocycles. The third-order valence-corrected chi connectivity index (χ3v) is 6.20. The normalized spacial score (nSPS) is 19.7. The zero-order chi connectivity index (χ0) is 19.7. The van der Waals surface area contributed by atoms with E-state index in [4.69, 9.17) is 9.84 Å². The molecule has 2 aromatic heterocycles. The summed E-state index contributed by atoms with van der Waals surface area (Å²) in [4.78, 5) is 46.6. The summed E-state index contributed by atoms with van der Waals surface area (Å²) in [6.45, 7) is 4.24. The lowest BCUT2D eigenvalue weighted by Gasteiger charge is -2.23. The predicted molar refractivity (Wildman–Crippen MR) is 101 cm³/mol. The van der Waals surface area contributed by atoms with Crippen molar-refractivity contribution in [3.63, 3.8) is 0 Å². The van der Waals surface area contributed by atoms with E-state index in [0.717, 1.165) is 10.4 Å². The van der Waals surface area contributed by atoms with Gasteiger partial charge in [0.1, 0.15) is 10.7 Å². The molecule has 3 heterocycles. The van der Waals surface area contributed by atoms with Crippen LogP contribution < -0.4 is 5.56 Å². The van der Waals surface area contributed by atoms with E-state index < -0.39 is 5.97 Å². The van der Waals surface area contributed by atoms with Crippen molar-refractivity contribution in [2.24, 2.45) is 0 Å². The van der Waals surface area contributed by atoms with E-state index in [1.165, 1.54) is 11.3 Å². The number of carbonyl (C=O) groups is 2. The van der Waals surface area contributed by atoms with Gasteiger partial charge in [-0.25, -0.2) is 4.98 Å². The minimum absolute atomic E-state index is 0.0968. The summed E-state index contributed by atoms with van der Waals surface area (Å²) in [5, 5.41) is 9.68. The van der Waals surface area contributed by atoms with Crippen molar-refractivity contribution in [3.05, 3.63) is 26.6 Å². The zero-order valence-corrected chi connectivity index (χ0v) is 16.4. The van der Waals surface area contributed by atoms with Crippen LogP contribution in [0.5, 0.6) is 0 Å². The highest BCUT2D eigenvalue weighted by molar-refractivity contribution is 7.18. The fourth-order valence-electron chi connectivity index (χ4n) is 3.53. The molecule has 2 aromatic rings. The Morgan fingerprint density at radius 2 is 2.15 bits per heavy atom. The van der Waals surface area contributed by atoms with Gasteiger partial charge in [-0.2, -0.15) is 0 Å². The molecular formula is C18H23N3O5S. The Morgan fingerprint density at radius 3 is 2.81 bits per heavy atom. The summed E-state index contributed by atoms with van der Waals surface area (Å²) in [5.74, 6) is -0.615. The Kier molecular flexibility index (Phi) is 5.61. The molecule has 0 saturated carbocycles. The first-order chi connectivity index (χ1) is 12.8. The zero-order valence-electron chi connectivity index (χ0n) is 15.6. The molecule has 2 unspecified atom stereocenters. The molecule has 0 bridgehead atoms. The Bertz CT molecular complexity index is 935. The van der Waals surface area contributed by atoms with Crippen molar-refractivity contribution in [1.82, 2.24) is 14.9 Å². The average Bonchev–Trinajstić information content (AvgIpc) is 3.13. The molecule has 1 aliphatic heterocycles. The Balaban J connectivity index is 1.72. The summed E-state index contributed by atoms with van der Waals surface area (Å²) in [6.07, 6.45) is 0.729. The van der Waals surface area contributed by atoms with Crippen molar-refractivity contribution in [1.29, 1.82) is 0 Å². The molecule has 9 heteroatoms. The third-order valence-electron chi connectivity index (χ3n) is 5.10. The molecule has 1 fully saturated rings. The molecule has 27 heavy (non-hydrogen) atoms. The van der Waals surface area contributed by atoms with Crippen LogP contribution in [0.25, 0.3) is 10.2 Å². The number of methoxy groups -OCH3 is 1. The number of aromatic amines is 1. The van der Waals surface area contributed by atoms with Crippen LogP contribution in [0.3, 0.4) is 0 Å². The maximum atomic E-state index is 12.6. The van der Waals surface area contributed by atoms with Gasteiger partial charge in [0, 0.05) is 37.4 Å². The Morgan fingerprint density at radius 1 is 1.41 bits per heavy atom.